The summed E-state index contributed by atoms with van der Waals surface area (Å²) in [7, 11) is 0. The van der Waals surface area contributed by atoms with E-state index in [1.165, 1.54) is 0 Å². The summed E-state index contributed by atoms with van der Waals surface area (Å²) in [5, 5.41) is 15.6. The number of carbonyl (C=O) groups excluding carboxylic acids is 1. The van der Waals surface area contributed by atoms with Crippen LogP contribution in [0.1, 0.15) is 39.3 Å². The van der Waals surface area contributed by atoms with Crippen molar-refractivity contribution in [2.24, 2.45) is 5.41 Å². The van der Waals surface area contributed by atoms with Crippen molar-refractivity contribution in [3.63, 3.8) is 0 Å². The maximum absolute atomic E-state index is 12.0. The monoisotopic (exact) mass is 330 g/mol. The Morgan fingerprint density at radius 3 is 2.75 bits per heavy atom. The summed E-state index contributed by atoms with van der Waals surface area (Å²) in [6.07, 6.45) is 4.74. The Hall–Kier alpha value is -2.34. The number of aromatic nitrogens is 2. The molecule has 0 saturated heterocycles. The van der Waals surface area contributed by atoms with E-state index in [9.17, 15) is 9.90 Å². The van der Waals surface area contributed by atoms with Gasteiger partial charge in [-0.25, -0.2) is 9.78 Å². The molecule has 1 aromatic heterocycles. The first-order valence-electron chi connectivity index (χ1n) is 8.08. The molecule has 130 valence electrons. The normalized spacial score (nSPS) is 14.0. The zero-order valence-corrected chi connectivity index (χ0v) is 14.7. The number of nitrogens with zero attached hydrogens (tertiary/aromatic N) is 2. The third-order valence-electron chi connectivity index (χ3n) is 3.98. The highest BCUT2D eigenvalue weighted by molar-refractivity contribution is 5.74. The molecule has 6 nitrogen and oxygen atoms in total. The van der Waals surface area contributed by atoms with Gasteiger partial charge in [0, 0.05) is 24.6 Å². The SMILES string of the molecule is CC(NC(=O)NCC(O)C(C)(C)C)c1cccc(-n2ccnc2)c1. The molecule has 2 unspecified atom stereocenters. The zero-order chi connectivity index (χ0) is 17.7. The van der Waals surface area contributed by atoms with Crippen molar-refractivity contribution < 1.29 is 9.90 Å². The van der Waals surface area contributed by atoms with E-state index in [0.717, 1.165) is 11.3 Å². The van der Waals surface area contributed by atoms with Crippen LogP contribution in [0, 0.1) is 5.41 Å². The molecule has 0 fully saturated rings. The molecule has 2 amide bonds. The zero-order valence-electron chi connectivity index (χ0n) is 14.7. The van der Waals surface area contributed by atoms with Gasteiger partial charge in [-0.15, -0.1) is 0 Å². The van der Waals surface area contributed by atoms with Crippen LogP contribution in [-0.4, -0.2) is 33.3 Å². The lowest BCUT2D eigenvalue weighted by Crippen LogP contribution is -2.44. The fraction of sp³-hybridized carbons (Fsp3) is 0.444. The van der Waals surface area contributed by atoms with Crippen LogP contribution in [0.15, 0.2) is 43.0 Å². The molecule has 24 heavy (non-hydrogen) atoms. The fourth-order valence-electron chi connectivity index (χ4n) is 2.19. The molecular weight excluding hydrogens is 304 g/mol. The molecule has 1 aromatic carbocycles. The second-order valence-electron chi connectivity index (χ2n) is 7.02. The first-order chi connectivity index (χ1) is 11.3. The van der Waals surface area contributed by atoms with Crippen molar-refractivity contribution >= 4 is 6.03 Å². The molecule has 0 aliphatic heterocycles. The molecule has 2 rings (SSSR count). The van der Waals surface area contributed by atoms with Gasteiger partial charge in [0.15, 0.2) is 0 Å². The molecule has 3 N–H and O–H groups in total. The molecular formula is C18H26N4O2. The highest BCUT2D eigenvalue weighted by Gasteiger charge is 2.22. The molecule has 2 atom stereocenters. The Labute approximate surface area is 142 Å². The van der Waals surface area contributed by atoms with Gasteiger partial charge in [-0.1, -0.05) is 32.9 Å². The number of benzene rings is 1. The van der Waals surface area contributed by atoms with Gasteiger partial charge in [0.1, 0.15) is 0 Å². The van der Waals surface area contributed by atoms with E-state index in [2.05, 4.69) is 15.6 Å². The number of aliphatic hydroxyl groups is 1. The van der Waals surface area contributed by atoms with E-state index in [4.69, 9.17) is 0 Å². The minimum absolute atomic E-state index is 0.153. The summed E-state index contributed by atoms with van der Waals surface area (Å²) >= 11 is 0. The van der Waals surface area contributed by atoms with Gasteiger partial charge in [0.2, 0.25) is 0 Å². The van der Waals surface area contributed by atoms with E-state index >= 15 is 0 Å². The standard InChI is InChI=1S/C18H26N4O2/c1-13(21-17(24)20-11-16(23)18(2,3)4)14-6-5-7-15(10-14)22-9-8-19-12-22/h5-10,12-13,16,23H,11H2,1-4H3,(H2,20,21,24). The Bertz CT molecular complexity index is 662. The van der Waals surface area contributed by atoms with Crippen LogP contribution in [0.3, 0.4) is 0 Å². The Morgan fingerprint density at radius 1 is 1.38 bits per heavy atom. The van der Waals surface area contributed by atoms with Gasteiger partial charge in [-0.2, -0.15) is 0 Å². The maximum atomic E-state index is 12.0. The summed E-state index contributed by atoms with van der Waals surface area (Å²) in [6.45, 7) is 7.94. The lowest BCUT2D eigenvalue weighted by Gasteiger charge is -2.26. The molecule has 0 aliphatic rings. The third kappa shape index (κ3) is 4.83. The largest absolute Gasteiger partial charge is 0.391 e. The molecule has 2 aromatic rings. The van der Waals surface area contributed by atoms with Crippen LogP contribution < -0.4 is 10.6 Å². The number of hydrogen-bond donors (Lipinski definition) is 3. The lowest BCUT2D eigenvalue weighted by atomic mass is 9.89. The molecule has 6 heteroatoms. The number of carbonyl (C=O) groups is 1. The number of hydrogen-bond acceptors (Lipinski definition) is 3. The number of urea groups is 1. The van der Waals surface area contributed by atoms with Crippen molar-refractivity contribution in [3.8, 4) is 5.69 Å². The van der Waals surface area contributed by atoms with Crippen molar-refractivity contribution in [2.45, 2.75) is 39.8 Å². The summed E-state index contributed by atoms with van der Waals surface area (Å²) in [6, 6.07) is 7.47. The van der Waals surface area contributed by atoms with Crippen LogP contribution >= 0.6 is 0 Å². The fourth-order valence-corrected chi connectivity index (χ4v) is 2.19. The third-order valence-corrected chi connectivity index (χ3v) is 3.98. The average molecular weight is 330 g/mol. The minimum Gasteiger partial charge on any atom is -0.391 e. The molecule has 0 spiro atoms. The number of rotatable bonds is 5. The first-order valence-corrected chi connectivity index (χ1v) is 8.08. The van der Waals surface area contributed by atoms with Crippen LogP contribution in [-0.2, 0) is 0 Å². The second kappa shape index (κ2) is 7.49. The molecule has 1 heterocycles. The maximum Gasteiger partial charge on any atom is 0.315 e. The highest BCUT2D eigenvalue weighted by Crippen LogP contribution is 2.19. The van der Waals surface area contributed by atoms with E-state index in [1.807, 2.05) is 62.7 Å². The lowest BCUT2D eigenvalue weighted by molar-refractivity contribution is 0.0649. The summed E-state index contributed by atoms with van der Waals surface area (Å²) in [5.74, 6) is 0. The molecule has 0 bridgehead atoms. The predicted octanol–water partition coefficient (Wildman–Crippen LogP) is 2.64. The van der Waals surface area contributed by atoms with E-state index < -0.39 is 6.10 Å². The van der Waals surface area contributed by atoms with Crippen LogP contribution in [0.25, 0.3) is 5.69 Å². The van der Waals surface area contributed by atoms with Gasteiger partial charge in [0.05, 0.1) is 18.5 Å². The van der Waals surface area contributed by atoms with Crippen molar-refractivity contribution in [3.05, 3.63) is 48.5 Å². The quantitative estimate of drug-likeness (QED) is 0.788. The minimum atomic E-state index is -0.594. The summed E-state index contributed by atoms with van der Waals surface area (Å²) in [5.41, 5.74) is 1.72. The van der Waals surface area contributed by atoms with Gasteiger partial charge >= 0.3 is 6.03 Å². The van der Waals surface area contributed by atoms with E-state index in [1.54, 1.807) is 12.5 Å². The van der Waals surface area contributed by atoms with Gasteiger partial charge < -0.3 is 20.3 Å². The van der Waals surface area contributed by atoms with Gasteiger partial charge in [0.25, 0.3) is 0 Å². The summed E-state index contributed by atoms with van der Waals surface area (Å²) in [4.78, 5) is 16.1. The number of aliphatic hydroxyl groups excluding tert-OH is 1. The van der Waals surface area contributed by atoms with Crippen LogP contribution in [0.4, 0.5) is 4.79 Å². The highest BCUT2D eigenvalue weighted by atomic mass is 16.3. The first kappa shape index (κ1) is 18.0. The van der Waals surface area contributed by atoms with Crippen molar-refractivity contribution in [1.82, 2.24) is 20.2 Å². The smallest absolute Gasteiger partial charge is 0.315 e. The Balaban J connectivity index is 1.94. The second-order valence-corrected chi connectivity index (χ2v) is 7.02. The number of nitrogens with one attached hydrogen (secondary N) is 2. The van der Waals surface area contributed by atoms with Crippen molar-refractivity contribution in [2.75, 3.05) is 6.54 Å². The van der Waals surface area contributed by atoms with Gasteiger partial charge in [-0.05, 0) is 30.0 Å². The molecule has 0 radical (unpaired) electrons. The predicted molar refractivity (Wildman–Crippen MR) is 94.0 cm³/mol. The number of amides is 2. The molecule has 0 saturated carbocycles. The van der Waals surface area contributed by atoms with Crippen molar-refractivity contribution in [1.29, 1.82) is 0 Å². The average Bonchev–Trinajstić information content (AvgIpc) is 3.06. The van der Waals surface area contributed by atoms with Crippen LogP contribution in [0.2, 0.25) is 0 Å². The van der Waals surface area contributed by atoms with Crippen LogP contribution in [0.5, 0.6) is 0 Å². The van der Waals surface area contributed by atoms with E-state index in [-0.39, 0.29) is 24.0 Å². The topological polar surface area (TPSA) is 79.2 Å². The molecule has 0 aliphatic carbocycles. The Kier molecular flexibility index (Phi) is 5.62. The summed E-state index contributed by atoms with van der Waals surface area (Å²) < 4.78 is 1.91. The van der Waals surface area contributed by atoms with Gasteiger partial charge in [-0.3, -0.25) is 0 Å². The van der Waals surface area contributed by atoms with E-state index in [0.29, 0.717) is 0 Å². The number of imidazole rings is 1. The Morgan fingerprint density at radius 2 is 2.12 bits per heavy atom.